The molecule has 2 aliphatic rings. The Kier molecular flexibility index (Phi) is 2.77. The van der Waals surface area contributed by atoms with Crippen LogP contribution in [0.5, 0.6) is 0 Å². The highest BCUT2D eigenvalue weighted by Crippen LogP contribution is 2.35. The number of amides is 1. The van der Waals surface area contributed by atoms with Gasteiger partial charge in [0, 0.05) is 12.6 Å². The molecule has 1 atom stereocenters. The number of carbonyl (C=O) groups is 1. The molecule has 0 saturated heterocycles. The Bertz CT molecular complexity index is 221. The fourth-order valence-corrected chi connectivity index (χ4v) is 1.77. The lowest BCUT2D eigenvalue weighted by Crippen LogP contribution is -2.45. The van der Waals surface area contributed by atoms with E-state index in [9.17, 15) is 4.79 Å². The molecule has 0 aliphatic heterocycles. The van der Waals surface area contributed by atoms with Gasteiger partial charge in [-0.25, -0.2) is 0 Å². The molecule has 1 amide bonds. The van der Waals surface area contributed by atoms with Crippen molar-refractivity contribution in [1.29, 1.82) is 0 Å². The van der Waals surface area contributed by atoms with E-state index in [4.69, 9.17) is 5.73 Å². The van der Waals surface area contributed by atoms with Crippen molar-refractivity contribution < 1.29 is 4.79 Å². The summed E-state index contributed by atoms with van der Waals surface area (Å²) < 4.78 is 0. The first-order valence-electron chi connectivity index (χ1n) is 5.78. The standard InChI is InChI=1S/C11H20N2O/c1-2-10(12)11(14)13(9-5-6-9)7-8-3-4-8/h8-10H,2-7,12H2,1H3/t10-/m1/s1. The molecule has 2 rings (SSSR count). The van der Waals surface area contributed by atoms with Crippen LogP contribution in [0.4, 0.5) is 0 Å². The SMILES string of the molecule is CC[C@@H](N)C(=O)N(CC1CC1)C1CC1. The van der Waals surface area contributed by atoms with Crippen LogP contribution in [0.25, 0.3) is 0 Å². The van der Waals surface area contributed by atoms with Crippen molar-refractivity contribution in [3.05, 3.63) is 0 Å². The molecule has 0 aromatic heterocycles. The highest BCUT2D eigenvalue weighted by Gasteiger charge is 2.37. The lowest BCUT2D eigenvalue weighted by molar-refractivity contribution is -0.133. The molecule has 2 saturated carbocycles. The molecular weight excluding hydrogens is 176 g/mol. The molecule has 2 aliphatic carbocycles. The number of nitrogens with zero attached hydrogens (tertiary/aromatic N) is 1. The molecule has 0 unspecified atom stereocenters. The second-order valence-corrected chi connectivity index (χ2v) is 4.68. The second-order valence-electron chi connectivity index (χ2n) is 4.68. The molecule has 80 valence electrons. The summed E-state index contributed by atoms with van der Waals surface area (Å²) in [5, 5.41) is 0. The molecule has 2 fully saturated rings. The zero-order chi connectivity index (χ0) is 10.1. The van der Waals surface area contributed by atoms with E-state index in [2.05, 4.69) is 0 Å². The molecule has 3 heteroatoms. The van der Waals surface area contributed by atoms with Gasteiger partial charge < -0.3 is 10.6 Å². The summed E-state index contributed by atoms with van der Waals surface area (Å²) in [5.41, 5.74) is 5.79. The van der Waals surface area contributed by atoms with Gasteiger partial charge in [0.1, 0.15) is 0 Å². The van der Waals surface area contributed by atoms with Crippen LogP contribution in [0.2, 0.25) is 0 Å². The Morgan fingerprint density at radius 3 is 2.50 bits per heavy atom. The summed E-state index contributed by atoms with van der Waals surface area (Å²) in [6.07, 6.45) is 5.74. The third-order valence-electron chi connectivity index (χ3n) is 3.18. The molecule has 3 nitrogen and oxygen atoms in total. The predicted octanol–water partition coefficient (Wildman–Crippen LogP) is 1.12. The maximum atomic E-state index is 11.9. The minimum Gasteiger partial charge on any atom is -0.338 e. The van der Waals surface area contributed by atoms with E-state index >= 15 is 0 Å². The predicted molar refractivity (Wildman–Crippen MR) is 55.7 cm³/mol. The van der Waals surface area contributed by atoms with Crippen LogP contribution in [-0.4, -0.2) is 29.4 Å². The zero-order valence-corrected chi connectivity index (χ0v) is 8.91. The van der Waals surface area contributed by atoms with Crippen LogP contribution < -0.4 is 5.73 Å². The molecule has 2 N–H and O–H groups in total. The lowest BCUT2D eigenvalue weighted by Gasteiger charge is -2.25. The Labute approximate surface area is 85.6 Å². The van der Waals surface area contributed by atoms with Crippen molar-refractivity contribution in [1.82, 2.24) is 4.90 Å². The summed E-state index contributed by atoms with van der Waals surface area (Å²) in [5.74, 6) is 0.963. The Balaban J connectivity index is 1.90. The highest BCUT2D eigenvalue weighted by molar-refractivity contribution is 5.82. The van der Waals surface area contributed by atoms with Crippen molar-refractivity contribution >= 4 is 5.91 Å². The number of hydrogen-bond acceptors (Lipinski definition) is 2. The Hall–Kier alpha value is -0.570. The molecule has 0 aromatic carbocycles. The van der Waals surface area contributed by atoms with Crippen molar-refractivity contribution in [3.63, 3.8) is 0 Å². The van der Waals surface area contributed by atoms with Crippen LogP contribution in [0.1, 0.15) is 39.0 Å². The number of hydrogen-bond donors (Lipinski definition) is 1. The summed E-state index contributed by atoms with van der Waals surface area (Å²) in [4.78, 5) is 14.0. The first-order chi connectivity index (χ1) is 6.72. The van der Waals surface area contributed by atoms with Crippen molar-refractivity contribution in [2.75, 3.05) is 6.54 Å². The summed E-state index contributed by atoms with van der Waals surface area (Å²) >= 11 is 0. The van der Waals surface area contributed by atoms with Crippen LogP contribution in [0, 0.1) is 5.92 Å². The van der Waals surface area contributed by atoms with Gasteiger partial charge in [-0.1, -0.05) is 6.92 Å². The lowest BCUT2D eigenvalue weighted by atomic mass is 10.2. The first kappa shape index (κ1) is 9.97. The van der Waals surface area contributed by atoms with Crippen LogP contribution >= 0.6 is 0 Å². The summed E-state index contributed by atoms with van der Waals surface area (Å²) in [7, 11) is 0. The van der Waals surface area contributed by atoms with Crippen molar-refractivity contribution in [2.24, 2.45) is 11.7 Å². The minimum atomic E-state index is -0.269. The van der Waals surface area contributed by atoms with E-state index in [1.54, 1.807) is 0 Å². The maximum Gasteiger partial charge on any atom is 0.239 e. The molecule has 0 aromatic rings. The fraction of sp³-hybridized carbons (Fsp3) is 0.909. The quantitative estimate of drug-likeness (QED) is 0.716. The number of nitrogens with two attached hydrogens (primary N) is 1. The first-order valence-corrected chi connectivity index (χ1v) is 5.78. The number of rotatable bonds is 5. The van der Waals surface area contributed by atoms with Crippen molar-refractivity contribution in [2.45, 2.75) is 51.1 Å². The van der Waals surface area contributed by atoms with E-state index in [0.717, 1.165) is 18.9 Å². The van der Waals surface area contributed by atoms with Gasteiger partial charge in [-0.2, -0.15) is 0 Å². The van der Waals surface area contributed by atoms with Gasteiger partial charge in [0.15, 0.2) is 0 Å². The topological polar surface area (TPSA) is 46.3 Å². The average Bonchev–Trinajstić information content (AvgIpc) is 3.02. The van der Waals surface area contributed by atoms with E-state index in [1.807, 2.05) is 11.8 Å². The Morgan fingerprint density at radius 2 is 2.07 bits per heavy atom. The molecule has 0 radical (unpaired) electrons. The van der Waals surface area contributed by atoms with E-state index in [1.165, 1.54) is 25.7 Å². The molecular formula is C11H20N2O. The van der Waals surface area contributed by atoms with Crippen LogP contribution in [-0.2, 0) is 4.79 Å². The maximum absolute atomic E-state index is 11.9. The average molecular weight is 196 g/mol. The molecule has 0 bridgehead atoms. The number of carbonyl (C=O) groups excluding carboxylic acids is 1. The Morgan fingerprint density at radius 1 is 1.43 bits per heavy atom. The van der Waals surface area contributed by atoms with Gasteiger partial charge in [0.25, 0.3) is 0 Å². The van der Waals surface area contributed by atoms with Crippen LogP contribution in [0.3, 0.4) is 0 Å². The normalized spacial score (nSPS) is 23.3. The van der Waals surface area contributed by atoms with Gasteiger partial charge in [0.05, 0.1) is 6.04 Å². The minimum absolute atomic E-state index is 0.182. The fourth-order valence-electron chi connectivity index (χ4n) is 1.77. The van der Waals surface area contributed by atoms with E-state index in [0.29, 0.717) is 6.04 Å². The van der Waals surface area contributed by atoms with E-state index in [-0.39, 0.29) is 11.9 Å². The van der Waals surface area contributed by atoms with Gasteiger partial charge in [-0.3, -0.25) is 4.79 Å². The molecule has 0 heterocycles. The zero-order valence-electron chi connectivity index (χ0n) is 8.91. The monoisotopic (exact) mass is 196 g/mol. The summed E-state index contributed by atoms with van der Waals surface area (Å²) in [6, 6.07) is 0.259. The van der Waals surface area contributed by atoms with Gasteiger partial charge in [-0.15, -0.1) is 0 Å². The summed E-state index contributed by atoms with van der Waals surface area (Å²) in [6.45, 7) is 2.95. The van der Waals surface area contributed by atoms with Gasteiger partial charge in [-0.05, 0) is 38.0 Å². The molecule has 14 heavy (non-hydrogen) atoms. The van der Waals surface area contributed by atoms with Gasteiger partial charge in [0.2, 0.25) is 5.91 Å². The van der Waals surface area contributed by atoms with Gasteiger partial charge >= 0.3 is 0 Å². The second kappa shape index (κ2) is 3.89. The smallest absolute Gasteiger partial charge is 0.239 e. The highest BCUT2D eigenvalue weighted by atomic mass is 16.2. The van der Waals surface area contributed by atoms with E-state index < -0.39 is 0 Å². The van der Waals surface area contributed by atoms with Crippen molar-refractivity contribution in [3.8, 4) is 0 Å². The third-order valence-corrected chi connectivity index (χ3v) is 3.18. The molecule has 0 spiro atoms. The third kappa shape index (κ3) is 2.27. The van der Waals surface area contributed by atoms with Crippen LogP contribution in [0.15, 0.2) is 0 Å². The largest absolute Gasteiger partial charge is 0.338 e.